The van der Waals surface area contributed by atoms with E-state index in [2.05, 4.69) is 31.1 Å². The van der Waals surface area contributed by atoms with Gasteiger partial charge < -0.3 is 15.8 Å². The molecule has 1 aliphatic carbocycles. The van der Waals surface area contributed by atoms with Gasteiger partial charge >= 0.3 is 0 Å². The van der Waals surface area contributed by atoms with Gasteiger partial charge in [0.1, 0.15) is 5.01 Å². The standard InChI is InChI=1S/C15H25N3OS/c1-4-11(13-17-6-8-20-13)18-9-15(16)10-5-7-19-12(10)14(15,2)3/h6,8,10-12,18H,4-5,7,9,16H2,1-3H3. The first-order valence-corrected chi connectivity index (χ1v) is 8.42. The van der Waals surface area contributed by atoms with Gasteiger partial charge in [-0.1, -0.05) is 20.8 Å². The van der Waals surface area contributed by atoms with Gasteiger partial charge in [-0.3, -0.25) is 0 Å². The second-order valence-electron chi connectivity index (χ2n) is 6.66. The Morgan fingerprint density at radius 1 is 1.60 bits per heavy atom. The molecule has 20 heavy (non-hydrogen) atoms. The molecule has 0 amide bonds. The highest BCUT2D eigenvalue weighted by molar-refractivity contribution is 7.09. The second kappa shape index (κ2) is 5.05. The van der Waals surface area contributed by atoms with Gasteiger partial charge in [0.05, 0.1) is 12.1 Å². The minimum Gasteiger partial charge on any atom is -0.377 e. The van der Waals surface area contributed by atoms with Crippen LogP contribution in [0.4, 0.5) is 0 Å². The monoisotopic (exact) mass is 295 g/mol. The number of nitrogens with zero attached hydrogens (tertiary/aromatic N) is 1. The van der Waals surface area contributed by atoms with Crippen LogP contribution in [0.3, 0.4) is 0 Å². The number of hydrogen-bond donors (Lipinski definition) is 2. The zero-order valence-corrected chi connectivity index (χ0v) is 13.4. The van der Waals surface area contributed by atoms with Crippen LogP contribution in [0, 0.1) is 11.3 Å². The number of rotatable bonds is 5. The van der Waals surface area contributed by atoms with E-state index in [4.69, 9.17) is 10.5 Å². The van der Waals surface area contributed by atoms with Crippen molar-refractivity contribution in [2.24, 2.45) is 17.1 Å². The van der Waals surface area contributed by atoms with Gasteiger partial charge in [0.15, 0.2) is 0 Å². The molecule has 0 spiro atoms. The number of nitrogens with two attached hydrogens (primary N) is 1. The van der Waals surface area contributed by atoms with Gasteiger partial charge in [-0.2, -0.15) is 0 Å². The lowest BCUT2D eigenvalue weighted by Crippen LogP contribution is -2.78. The van der Waals surface area contributed by atoms with E-state index in [-0.39, 0.29) is 11.0 Å². The van der Waals surface area contributed by atoms with Crippen molar-refractivity contribution in [2.45, 2.75) is 51.3 Å². The quantitative estimate of drug-likeness (QED) is 0.875. The summed E-state index contributed by atoms with van der Waals surface area (Å²) in [6.45, 7) is 8.37. The molecule has 112 valence electrons. The minimum atomic E-state index is -0.168. The SMILES string of the molecule is CCC(NCC1(N)C2CCOC2C1(C)C)c1nccs1. The Bertz CT molecular complexity index is 462. The third-order valence-electron chi connectivity index (χ3n) is 5.46. The highest BCUT2D eigenvalue weighted by Gasteiger charge is 2.67. The first kappa shape index (κ1) is 14.4. The van der Waals surface area contributed by atoms with Crippen molar-refractivity contribution in [1.29, 1.82) is 0 Å². The number of hydrogen-bond acceptors (Lipinski definition) is 5. The Kier molecular flexibility index (Phi) is 3.65. The molecule has 0 bridgehead atoms. The fraction of sp³-hybridized carbons (Fsp3) is 0.800. The molecule has 0 radical (unpaired) electrons. The Morgan fingerprint density at radius 2 is 2.40 bits per heavy atom. The van der Waals surface area contributed by atoms with Crippen molar-refractivity contribution in [1.82, 2.24) is 10.3 Å². The topological polar surface area (TPSA) is 60.2 Å². The van der Waals surface area contributed by atoms with E-state index in [1.54, 1.807) is 11.3 Å². The fourth-order valence-corrected chi connectivity index (χ4v) is 4.74. The number of thiazole rings is 1. The highest BCUT2D eigenvalue weighted by Crippen LogP contribution is 2.57. The average Bonchev–Trinajstić information content (AvgIpc) is 3.09. The Morgan fingerprint density at radius 3 is 3.05 bits per heavy atom. The van der Waals surface area contributed by atoms with Gasteiger partial charge in [0, 0.05) is 41.6 Å². The van der Waals surface area contributed by atoms with Gasteiger partial charge in [0.2, 0.25) is 0 Å². The molecule has 2 fully saturated rings. The third-order valence-corrected chi connectivity index (χ3v) is 6.35. The zero-order chi connectivity index (χ0) is 14.4. The van der Waals surface area contributed by atoms with Crippen molar-refractivity contribution in [2.75, 3.05) is 13.2 Å². The number of aromatic nitrogens is 1. The van der Waals surface area contributed by atoms with Crippen LogP contribution in [-0.4, -0.2) is 29.8 Å². The molecular formula is C15H25N3OS. The normalized spacial score (nSPS) is 36.4. The van der Waals surface area contributed by atoms with Crippen molar-refractivity contribution in [3.63, 3.8) is 0 Å². The summed E-state index contributed by atoms with van der Waals surface area (Å²) < 4.78 is 5.85. The zero-order valence-electron chi connectivity index (χ0n) is 12.6. The van der Waals surface area contributed by atoms with Gasteiger partial charge in [-0.15, -0.1) is 11.3 Å². The molecule has 5 heteroatoms. The van der Waals surface area contributed by atoms with Crippen molar-refractivity contribution in [3.8, 4) is 0 Å². The average molecular weight is 295 g/mol. The molecule has 1 aromatic rings. The third kappa shape index (κ3) is 1.95. The van der Waals surface area contributed by atoms with E-state index < -0.39 is 0 Å². The van der Waals surface area contributed by atoms with Crippen LogP contribution in [0.1, 0.15) is 44.7 Å². The van der Waals surface area contributed by atoms with Crippen LogP contribution in [0.25, 0.3) is 0 Å². The highest BCUT2D eigenvalue weighted by atomic mass is 32.1. The maximum absolute atomic E-state index is 6.76. The maximum atomic E-state index is 6.76. The van der Waals surface area contributed by atoms with Gasteiger partial charge in [-0.25, -0.2) is 4.98 Å². The van der Waals surface area contributed by atoms with Crippen LogP contribution < -0.4 is 11.1 Å². The van der Waals surface area contributed by atoms with Crippen LogP contribution >= 0.6 is 11.3 Å². The summed E-state index contributed by atoms with van der Waals surface area (Å²) >= 11 is 1.71. The van der Waals surface area contributed by atoms with Crippen molar-refractivity contribution < 1.29 is 4.74 Å². The molecule has 4 unspecified atom stereocenters. The van der Waals surface area contributed by atoms with Gasteiger partial charge in [0.25, 0.3) is 0 Å². The molecule has 2 aliphatic rings. The van der Waals surface area contributed by atoms with Gasteiger partial charge in [-0.05, 0) is 12.8 Å². The first-order valence-electron chi connectivity index (χ1n) is 7.54. The van der Waals surface area contributed by atoms with E-state index in [1.807, 2.05) is 11.6 Å². The molecule has 1 saturated heterocycles. The van der Waals surface area contributed by atoms with E-state index in [0.29, 0.717) is 18.1 Å². The minimum absolute atomic E-state index is 0.0440. The maximum Gasteiger partial charge on any atom is 0.109 e. The molecule has 1 saturated carbocycles. The van der Waals surface area contributed by atoms with Crippen LogP contribution in [-0.2, 0) is 4.74 Å². The molecule has 1 aliphatic heterocycles. The summed E-state index contributed by atoms with van der Waals surface area (Å²) in [5, 5.41) is 6.84. The molecule has 3 rings (SSSR count). The molecule has 4 atom stereocenters. The van der Waals surface area contributed by atoms with E-state index in [1.165, 1.54) is 0 Å². The predicted octanol–water partition coefficient (Wildman–Crippen LogP) is 2.33. The lowest BCUT2D eigenvalue weighted by atomic mass is 9.48. The molecule has 3 N–H and O–H groups in total. The van der Waals surface area contributed by atoms with Crippen molar-refractivity contribution >= 4 is 11.3 Å². The first-order chi connectivity index (χ1) is 9.50. The number of ether oxygens (including phenoxy) is 1. The molecular weight excluding hydrogens is 270 g/mol. The van der Waals surface area contributed by atoms with E-state index >= 15 is 0 Å². The molecule has 4 nitrogen and oxygen atoms in total. The lowest BCUT2D eigenvalue weighted by Gasteiger charge is -2.62. The van der Waals surface area contributed by atoms with E-state index in [0.717, 1.165) is 31.0 Å². The largest absolute Gasteiger partial charge is 0.377 e. The summed E-state index contributed by atoms with van der Waals surface area (Å²) in [6.07, 6.45) is 4.35. The summed E-state index contributed by atoms with van der Waals surface area (Å²) in [5.74, 6) is 0.499. The Labute approximate surface area is 125 Å². The molecule has 0 aromatic carbocycles. The summed E-state index contributed by atoms with van der Waals surface area (Å²) in [7, 11) is 0. The predicted molar refractivity (Wildman–Crippen MR) is 81.7 cm³/mol. The number of fused-ring (bicyclic) bond motifs is 1. The lowest BCUT2D eigenvalue weighted by molar-refractivity contribution is -0.154. The second-order valence-corrected chi connectivity index (χ2v) is 7.59. The van der Waals surface area contributed by atoms with Crippen LogP contribution in [0.5, 0.6) is 0 Å². The van der Waals surface area contributed by atoms with Crippen LogP contribution in [0.2, 0.25) is 0 Å². The fourth-order valence-electron chi connectivity index (χ4n) is 3.94. The van der Waals surface area contributed by atoms with E-state index in [9.17, 15) is 0 Å². The summed E-state index contributed by atoms with van der Waals surface area (Å²) in [6, 6.07) is 0.313. The Balaban J connectivity index is 1.68. The smallest absolute Gasteiger partial charge is 0.109 e. The molecule has 1 aromatic heterocycles. The molecule has 2 heterocycles. The summed E-state index contributed by atoms with van der Waals surface area (Å²) in [5.41, 5.74) is 6.64. The van der Waals surface area contributed by atoms with Crippen molar-refractivity contribution in [3.05, 3.63) is 16.6 Å². The Hall–Kier alpha value is -0.490. The summed E-state index contributed by atoms with van der Waals surface area (Å²) in [4.78, 5) is 4.43. The number of nitrogens with one attached hydrogen (secondary N) is 1. The van der Waals surface area contributed by atoms with Crippen LogP contribution in [0.15, 0.2) is 11.6 Å².